The molecule has 1 saturated heterocycles. The van der Waals surface area contributed by atoms with E-state index in [9.17, 15) is 35.4 Å². The molecule has 6 N–H and O–H groups in total. The zero-order chi connectivity index (χ0) is 25.0. The Morgan fingerprint density at radius 1 is 0.909 bits per heavy atom. The van der Waals surface area contributed by atoms with Crippen molar-refractivity contribution in [2.45, 2.75) is 134 Å². The van der Waals surface area contributed by atoms with Gasteiger partial charge in [-0.05, 0) is 33.6 Å². The minimum absolute atomic E-state index is 0.458. The number of aliphatic hydroxyl groups is 5. The van der Waals surface area contributed by atoms with Crippen molar-refractivity contribution in [2.75, 3.05) is 6.61 Å². The van der Waals surface area contributed by atoms with Gasteiger partial charge < -0.3 is 40.1 Å². The van der Waals surface area contributed by atoms with Crippen LogP contribution in [0.15, 0.2) is 0 Å². The van der Waals surface area contributed by atoms with Gasteiger partial charge in [0, 0.05) is 0 Å². The highest BCUT2D eigenvalue weighted by Gasteiger charge is 2.45. The van der Waals surface area contributed by atoms with Crippen LogP contribution in [0.3, 0.4) is 0 Å². The SMILES string of the molecule is C[C@@H](C(=O)O)[C@@H](CCCCCCCCCCCC(C)(C)O)O[C@@H]1O[C@H](CO)[C@@H](O)[C@H](O)[C@H]1O. The van der Waals surface area contributed by atoms with Crippen LogP contribution in [-0.2, 0) is 14.3 Å². The number of unbranched alkanes of at least 4 members (excludes halogenated alkanes) is 8. The molecule has 0 radical (unpaired) electrons. The van der Waals surface area contributed by atoms with Crippen molar-refractivity contribution in [3.8, 4) is 0 Å². The van der Waals surface area contributed by atoms with E-state index in [4.69, 9.17) is 9.47 Å². The Balaban J connectivity index is 2.34. The zero-order valence-corrected chi connectivity index (χ0v) is 20.4. The lowest BCUT2D eigenvalue weighted by Crippen LogP contribution is -2.60. The minimum Gasteiger partial charge on any atom is -0.481 e. The van der Waals surface area contributed by atoms with Gasteiger partial charge in [0.15, 0.2) is 6.29 Å². The third kappa shape index (κ3) is 11.4. The van der Waals surface area contributed by atoms with Gasteiger partial charge in [0.1, 0.15) is 24.4 Å². The average Bonchev–Trinajstić information content (AvgIpc) is 2.75. The third-order valence-electron chi connectivity index (χ3n) is 6.38. The number of aliphatic carboxylic acids is 1. The zero-order valence-electron chi connectivity index (χ0n) is 20.4. The second-order valence-electron chi connectivity index (χ2n) is 10.0. The fourth-order valence-electron chi connectivity index (χ4n) is 4.09. The lowest BCUT2D eigenvalue weighted by atomic mass is 9.96. The third-order valence-corrected chi connectivity index (χ3v) is 6.38. The van der Waals surface area contributed by atoms with Crippen LogP contribution in [-0.4, -0.2) is 85.6 Å². The molecule has 1 aliphatic rings. The number of hydrogen-bond acceptors (Lipinski definition) is 8. The Morgan fingerprint density at radius 2 is 1.42 bits per heavy atom. The van der Waals surface area contributed by atoms with Crippen molar-refractivity contribution in [1.29, 1.82) is 0 Å². The minimum atomic E-state index is -1.56. The highest BCUT2D eigenvalue weighted by Crippen LogP contribution is 2.26. The first kappa shape index (κ1) is 30.2. The number of carboxylic acid groups (broad SMARTS) is 1. The van der Waals surface area contributed by atoms with Crippen molar-refractivity contribution in [3.05, 3.63) is 0 Å². The molecular formula is C24H46O9. The van der Waals surface area contributed by atoms with Crippen molar-refractivity contribution in [2.24, 2.45) is 5.92 Å². The molecule has 9 nitrogen and oxygen atoms in total. The summed E-state index contributed by atoms with van der Waals surface area (Å²) in [6, 6.07) is 0. The summed E-state index contributed by atoms with van der Waals surface area (Å²) in [7, 11) is 0. The molecule has 0 aliphatic carbocycles. The number of carboxylic acids is 1. The smallest absolute Gasteiger partial charge is 0.308 e. The first-order chi connectivity index (χ1) is 15.5. The Hall–Kier alpha value is -0.810. The van der Waals surface area contributed by atoms with Crippen LogP contribution in [0, 0.1) is 5.92 Å². The number of aliphatic hydroxyl groups excluding tert-OH is 4. The molecule has 0 aromatic rings. The van der Waals surface area contributed by atoms with Gasteiger partial charge in [0.05, 0.1) is 24.2 Å². The van der Waals surface area contributed by atoms with Crippen LogP contribution in [0.2, 0.25) is 0 Å². The van der Waals surface area contributed by atoms with Crippen molar-refractivity contribution >= 4 is 5.97 Å². The Morgan fingerprint density at radius 3 is 1.91 bits per heavy atom. The monoisotopic (exact) mass is 478 g/mol. The van der Waals surface area contributed by atoms with E-state index in [1.165, 1.54) is 19.8 Å². The Kier molecular flexibility index (Phi) is 14.0. The Labute approximate surface area is 197 Å². The standard InChI is InChI=1S/C24H46O9/c1-16(22(29)30)17(32-23-21(28)20(27)19(26)18(15-25)33-23)13-11-9-7-5-4-6-8-10-12-14-24(2,3)31/h16-21,23,25-28,31H,4-15H2,1-3H3,(H,29,30)/t16-,17-,18-,19-,20+,21-,23-/m1/s1. The molecule has 196 valence electrons. The van der Waals surface area contributed by atoms with Gasteiger partial charge in [-0.2, -0.15) is 0 Å². The van der Waals surface area contributed by atoms with E-state index in [2.05, 4.69) is 0 Å². The molecule has 9 heteroatoms. The fourth-order valence-corrected chi connectivity index (χ4v) is 4.09. The summed E-state index contributed by atoms with van der Waals surface area (Å²) in [5, 5.41) is 58.4. The van der Waals surface area contributed by atoms with E-state index >= 15 is 0 Å². The van der Waals surface area contributed by atoms with Gasteiger partial charge in [0.2, 0.25) is 0 Å². The summed E-state index contributed by atoms with van der Waals surface area (Å²) in [6.45, 7) is 4.63. The van der Waals surface area contributed by atoms with Crippen LogP contribution in [0.5, 0.6) is 0 Å². The molecule has 1 aliphatic heterocycles. The fraction of sp³-hybridized carbons (Fsp3) is 0.958. The summed E-state index contributed by atoms with van der Waals surface area (Å²) in [6.07, 6.45) is 3.04. The van der Waals surface area contributed by atoms with Gasteiger partial charge in [-0.1, -0.05) is 57.8 Å². The predicted octanol–water partition coefficient (Wildman–Crippen LogP) is 1.95. The molecule has 1 fully saturated rings. The molecule has 1 heterocycles. The molecule has 33 heavy (non-hydrogen) atoms. The number of ether oxygens (including phenoxy) is 2. The van der Waals surface area contributed by atoms with E-state index in [1.807, 2.05) is 13.8 Å². The highest BCUT2D eigenvalue weighted by molar-refractivity contribution is 5.70. The average molecular weight is 479 g/mol. The van der Waals surface area contributed by atoms with Crippen LogP contribution >= 0.6 is 0 Å². The lowest BCUT2D eigenvalue weighted by Gasteiger charge is -2.41. The number of rotatable bonds is 17. The van der Waals surface area contributed by atoms with Crippen molar-refractivity contribution in [1.82, 2.24) is 0 Å². The van der Waals surface area contributed by atoms with E-state index in [0.29, 0.717) is 6.42 Å². The van der Waals surface area contributed by atoms with Gasteiger partial charge in [0.25, 0.3) is 0 Å². The van der Waals surface area contributed by atoms with Crippen LogP contribution in [0.25, 0.3) is 0 Å². The first-order valence-electron chi connectivity index (χ1n) is 12.4. The summed E-state index contributed by atoms with van der Waals surface area (Å²) in [4.78, 5) is 11.5. The molecule has 0 aromatic carbocycles. The molecule has 0 amide bonds. The van der Waals surface area contributed by atoms with Crippen molar-refractivity contribution < 1.29 is 44.9 Å². The van der Waals surface area contributed by atoms with Crippen LogP contribution < -0.4 is 0 Å². The molecule has 1 rings (SSSR count). The molecule has 0 saturated carbocycles. The normalized spacial score (nSPS) is 27.9. The molecule has 7 atom stereocenters. The second-order valence-corrected chi connectivity index (χ2v) is 10.0. The number of carbonyl (C=O) groups is 1. The highest BCUT2D eigenvalue weighted by atomic mass is 16.7. The first-order valence-corrected chi connectivity index (χ1v) is 12.4. The van der Waals surface area contributed by atoms with E-state index in [1.54, 1.807) is 0 Å². The largest absolute Gasteiger partial charge is 0.481 e. The van der Waals surface area contributed by atoms with Crippen LogP contribution in [0.1, 0.15) is 91.4 Å². The van der Waals surface area contributed by atoms with E-state index < -0.39 is 60.9 Å². The van der Waals surface area contributed by atoms with Gasteiger partial charge >= 0.3 is 5.97 Å². The molecule has 0 spiro atoms. The molecule has 0 unspecified atom stereocenters. The number of hydrogen-bond donors (Lipinski definition) is 6. The maximum atomic E-state index is 11.5. The van der Waals surface area contributed by atoms with Gasteiger partial charge in [-0.15, -0.1) is 0 Å². The summed E-state index contributed by atoms with van der Waals surface area (Å²) >= 11 is 0. The Bertz CT molecular complexity index is 535. The lowest BCUT2D eigenvalue weighted by molar-refractivity contribution is -0.314. The summed E-state index contributed by atoms with van der Waals surface area (Å²) < 4.78 is 11.1. The predicted molar refractivity (Wildman–Crippen MR) is 123 cm³/mol. The quantitative estimate of drug-likeness (QED) is 0.172. The molecular weight excluding hydrogens is 432 g/mol. The second kappa shape index (κ2) is 15.2. The van der Waals surface area contributed by atoms with Crippen LogP contribution in [0.4, 0.5) is 0 Å². The topological polar surface area (TPSA) is 157 Å². The molecule has 0 bridgehead atoms. The van der Waals surface area contributed by atoms with E-state index in [0.717, 1.165) is 51.4 Å². The van der Waals surface area contributed by atoms with Crippen molar-refractivity contribution in [3.63, 3.8) is 0 Å². The molecule has 0 aromatic heterocycles. The van der Waals surface area contributed by atoms with Gasteiger partial charge in [-0.3, -0.25) is 4.79 Å². The summed E-state index contributed by atoms with van der Waals surface area (Å²) in [5.74, 6) is -1.88. The summed E-state index contributed by atoms with van der Waals surface area (Å²) in [5.41, 5.74) is -0.581. The maximum Gasteiger partial charge on any atom is 0.308 e. The van der Waals surface area contributed by atoms with Gasteiger partial charge in [-0.25, -0.2) is 0 Å². The maximum absolute atomic E-state index is 11.5. The van der Waals surface area contributed by atoms with E-state index in [-0.39, 0.29) is 0 Å².